The first kappa shape index (κ1) is 24.0. The summed E-state index contributed by atoms with van der Waals surface area (Å²) in [5, 5.41) is 29.3. The molecule has 1 aliphatic rings. The third kappa shape index (κ3) is 6.00. The number of phenolic OH excluding ortho intramolecular Hbond substituents is 1. The molecule has 2 aromatic rings. The number of phenols is 1. The van der Waals surface area contributed by atoms with Crippen molar-refractivity contribution in [2.24, 2.45) is 0 Å². The molecule has 0 bridgehead atoms. The average molecular weight is 459 g/mol. The van der Waals surface area contributed by atoms with Crippen LogP contribution >= 0.6 is 0 Å². The van der Waals surface area contributed by atoms with Crippen molar-refractivity contribution in [3.05, 3.63) is 76.9 Å². The van der Waals surface area contributed by atoms with Crippen molar-refractivity contribution in [1.82, 2.24) is 0 Å². The van der Waals surface area contributed by atoms with Crippen LogP contribution in [0, 0.1) is 0 Å². The minimum absolute atomic E-state index is 0.0475. The van der Waals surface area contributed by atoms with Crippen LogP contribution in [-0.4, -0.2) is 54.1 Å². The summed E-state index contributed by atoms with van der Waals surface area (Å²) in [6.07, 6.45) is 2.61. The molecule has 1 heterocycles. The smallest absolute Gasteiger partial charge is 0.163 e. The van der Waals surface area contributed by atoms with Gasteiger partial charge in [-0.1, -0.05) is 48.9 Å². The molecule has 3 N–H and O–H groups in total. The molecule has 2 atom stereocenters. The second kappa shape index (κ2) is 10.8. The van der Waals surface area contributed by atoms with E-state index >= 15 is 0 Å². The van der Waals surface area contributed by atoms with E-state index in [0.717, 1.165) is 17.6 Å². The Morgan fingerprint density at radius 1 is 1.19 bits per heavy atom. The van der Waals surface area contributed by atoms with Gasteiger partial charge in [0.1, 0.15) is 23.4 Å². The van der Waals surface area contributed by atoms with Crippen LogP contribution in [0.4, 0.5) is 0 Å². The first-order valence-corrected chi connectivity index (χ1v) is 12.4. The molecule has 0 radical (unpaired) electrons. The maximum Gasteiger partial charge on any atom is 0.163 e. The predicted octanol–water partition coefficient (Wildman–Crippen LogP) is 3.49. The third-order valence-corrected chi connectivity index (χ3v) is 7.70. The summed E-state index contributed by atoms with van der Waals surface area (Å²) in [4.78, 5) is 0. The Morgan fingerprint density at radius 3 is 2.59 bits per heavy atom. The van der Waals surface area contributed by atoms with Gasteiger partial charge in [0, 0.05) is 0 Å². The highest BCUT2D eigenvalue weighted by molar-refractivity contribution is 7.92. The lowest BCUT2D eigenvalue weighted by Crippen LogP contribution is -2.29. The SMILES string of the molecule is CC/C(=C\c1cccc(O)c1)CC[C@@H](O)C1=C(COc2ccccc2)CS(=O)(=O)[C@H]1CO. The maximum absolute atomic E-state index is 12.6. The van der Waals surface area contributed by atoms with E-state index < -0.39 is 27.8 Å². The van der Waals surface area contributed by atoms with Crippen LogP contribution in [0.2, 0.25) is 0 Å². The zero-order chi connectivity index (χ0) is 23.1. The third-order valence-electron chi connectivity index (χ3n) is 5.68. The lowest BCUT2D eigenvalue weighted by atomic mass is 9.94. The molecule has 2 aromatic carbocycles. The molecule has 0 spiro atoms. The fraction of sp³-hybridized carbons (Fsp3) is 0.360. The number of aliphatic hydroxyl groups excluding tert-OH is 2. The van der Waals surface area contributed by atoms with Crippen molar-refractivity contribution in [1.29, 1.82) is 0 Å². The molecule has 0 saturated heterocycles. The number of rotatable bonds is 10. The Balaban J connectivity index is 1.77. The number of aliphatic hydroxyl groups is 2. The number of sulfone groups is 1. The number of ether oxygens (including phenoxy) is 1. The van der Waals surface area contributed by atoms with Crippen LogP contribution in [0.15, 0.2) is 71.3 Å². The standard InChI is InChI=1S/C25H30O6S/c1-2-18(13-19-7-6-8-21(27)14-19)11-12-23(28)25-20(17-32(29,30)24(25)15-26)16-31-22-9-4-3-5-10-22/h3-10,13-14,23-24,26-28H,2,11-12,15-17H2,1H3/b18-13+/t23-,24+/m1/s1. The van der Waals surface area contributed by atoms with Gasteiger partial charge in [-0.05, 0) is 60.2 Å². The van der Waals surface area contributed by atoms with Gasteiger partial charge in [-0.15, -0.1) is 0 Å². The molecule has 1 aliphatic heterocycles. The van der Waals surface area contributed by atoms with Crippen LogP contribution in [0.3, 0.4) is 0 Å². The van der Waals surface area contributed by atoms with Crippen molar-refractivity contribution in [2.75, 3.05) is 19.0 Å². The molecule has 0 unspecified atom stereocenters. The Bertz CT molecular complexity index is 1070. The van der Waals surface area contributed by atoms with E-state index in [1.54, 1.807) is 30.3 Å². The first-order chi connectivity index (χ1) is 15.3. The van der Waals surface area contributed by atoms with E-state index in [0.29, 0.717) is 29.7 Å². The van der Waals surface area contributed by atoms with Gasteiger partial charge in [0.15, 0.2) is 9.84 Å². The van der Waals surface area contributed by atoms with Gasteiger partial charge in [0.25, 0.3) is 0 Å². The number of aromatic hydroxyl groups is 1. The van der Waals surface area contributed by atoms with Crippen molar-refractivity contribution in [2.45, 2.75) is 37.5 Å². The summed E-state index contributed by atoms with van der Waals surface area (Å²) in [7, 11) is -3.59. The lowest BCUT2D eigenvalue weighted by Gasteiger charge is -2.20. The molecule has 0 aromatic heterocycles. The van der Waals surface area contributed by atoms with Crippen LogP contribution in [0.5, 0.6) is 11.5 Å². The van der Waals surface area contributed by atoms with Gasteiger partial charge in [-0.3, -0.25) is 0 Å². The van der Waals surface area contributed by atoms with Gasteiger partial charge < -0.3 is 20.1 Å². The summed E-state index contributed by atoms with van der Waals surface area (Å²) in [5.74, 6) is 0.572. The molecule has 32 heavy (non-hydrogen) atoms. The van der Waals surface area contributed by atoms with Crippen molar-refractivity contribution in [3.8, 4) is 11.5 Å². The van der Waals surface area contributed by atoms with Gasteiger partial charge >= 0.3 is 0 Å². The van der Waals surface area contributed by atoms with E-state index in [1.807, 2.05) is 37.3 Å². The molecular weight excluding hydrogens is 428 g/mol. The highest BCUT2D eigenvalue weighted by atomic mass is 32.2. The van der Waals surface area contributed by atoms with E-state index in [-0.39, 0.29) is 18.1 Å². The number of hydrogen-bond donors (Lipinski definition) is 3. The molecule has 0 aliphatic carbocycles. The Hall–Kier alpha value is -2.61. The first-order valence-electron chi connectivity index (χ1n) is 10.7. The fourth-order valence-electron chi connectivity index (χ4n) is 4.00. The van der Waals surface area contributed by atoms with Crippen molar-refractivity contribution in [3.63, 3.8) is 0 Å². The fourth-order valence-corrected chi connectivity index (χ4v) is 5.88. The number of para-hydroxylation sites is 1. The molecule has 0 saturated carbocycles. The zero-order valence-electron chi connectivity index (χ0n) is 18.1. The molecule has 7 heteroatoms. The normalized spacial score (nSPS) is 19.2. The van der Waals surface area contributed by atoms with Crippen LogP contribution < -0.4 is 4.74 Å². The van der Waals surface area contributed by atoms with E-state index in [1.165, 1.54) is 0 Å². The summed E-state index contributed by atoms with van der Waals surface area (Å²) in [6, 6.07) is 16.0. The molecule has 172 valence electrons. The lowest BCUT2D eigenvalue weighted by molar-refractivity contribution is 0.187. The number of benzene rings is 2. The van der Waals surface area contributed by atoms with Crippen molar-refractivity contribution < 1.29 is 28.5 Å². The Kier molecular flexibility index (Phi) is 8.12. The van der Waals surface area contributed by atoms with Gasteiger partial charge in [0.05, 0.1) is 18.5 Å². The van der Waals surface area contributed by atoms with E-state index in [2.05, 4.69) is 0 Å². The zero-order valence-corrected chi connectivity index (χ0v) is 19.0. The largest absolute Gasteiger partial charge is 0.508 e. The minimum atomic E-state index is -3.59. The second-order valence-corrected chi connectivity index (χ2v) is 10.1. The maximum atomic E-state index is 12.6. The van der Waals surface area contributed by atoms with Crippen LogP contribution in [0.1, 0.15) is 31.7 Å². The molecular formula is C25H30O6S. The van der Waals surface area contributed by atoms with E-state index in [4.69, 9.17) is 4.74 Å². The van der Waals surface area contributed by atoms with Crippen LogP contribution in [-0.2, 0) is 9.84 Å². The molecule has 0 fully saturated rings. The highest BCUT2D eigenvalue weighted by Crippen LogP contribution is 2.32. The predicted molar refractivity (Wildman–Crippen MR) is 125 cm³/mol. The quantitative estimate of drug-likeness (QED) is 0.471. The molecule has 0 amide bonds. The van der Waals surface area contributed by atoms with Gasteiger partial charge in [0.2, 0.25) is 0 Å². The summed E-state index contributed by atoms with van der Waals surface area (Å²) >= 11 is 0. The van der Waals surface area contributed by atoms with Gasteiger partial charge in [-0.25, -0.2) is 8.42 Å². The monoisotopic (exact) mass is 458 g/mol. The van der Waals surface area contributed by atoms with Crippen LogP contribution in [0.25, 0.3) is 6.08 Å². The van der Waals surface area contributed by atoms with Gasteiger partial charge in [-0.2, -0.15) is 0 Å². The van der Waals surface area contributed by atoms with Crippen molar-refractivity contribution >= 4 is 15.9 Å². The summed E-state index contributed by atoms with van der Waals surface area (Å²) in [6.45, 7) is 1.49. The Morgan fingerprint density at radius 2 is 1.94 bits per heavy atom. The highest BCUT2D eigenvalue weighted by Gasteiger charge is 2.41. The average Bonchev–Trinajstić information content (AvgIpc) is 3.05. The molecule has 3 rings (SSSR count). The molecule has 6 nitrogen and oxygen atoms in total. The number of allylic oxidation sites excluding steroid dienone is 1. The minimum Gasteiger partial charge on any atom is -0.508 e. The topological polar surface area (TPSA) is 104 Å². The number of hydrogen-bond acceptors (Lipinski definition) is 6. The summed E-state index contributed by atoms with van der Waals surface area (Å²) < 4.78 is 30.9. The van der Waals surface area contributed by atoms with E-state index in [9.17, 15) is 23.7 Å². The second-order valence-electron chi connectivity index (χ2n) is 7.94. The Labute approximate surface area is 189 Å². The summed E-state index contributed by atoms with van der Waals surface area (Å²) in [5.41, 5.74) is 2.80.